The summed E-state index contributed by atoms with van der Waals surface area (Å²) in [5.41, 5.74) is 2.41. The lowest BCUT2D eigenvalue weighted by Gasteiger charge is -2.18. The lowest BCUT2D eigenvalue weighted by atomic mass is 10.2. The third-order valence-electron chi connectivity index (χ3n) is 5.71. The van der Waals surface area contributed by atoms with Crippen molar-refractivity contribution >= 4 is 17.3 Å². The molecule has 176 valence electrons. The summed E-state index contributed by atoms with van der Waals surface area (Å²) in [6, 6.07) is 15.4. The molecule has 0 amide bonds. The second kappa shape index (κ2) is 9.96. The molecule has 1 aliphatic rings. The van der Waals surface area contributed by atoms with Crippen molar-refractivity contribution in [1.29, 1.82) is 0 Å². The third kappa shape index (κ3) is 4.74. The van der Waals surface area contributed by atoms with Gasteiger partial charge in [-0.1, -0.05) is 19.9 Å². The van der Waals surface area contributed by atoms with Gasteiger partial charge in [-0.3, -0.25) is 0 Å². The average Bonchev–Trinajstić information content (AvgIpc) is 3.29. The number of hydrogen-bond donors (Lipinski definition) is 1. The number of ether oxygens (including phenoxy) is 3. The standard InChI is InChI=1S/C25H28N6O3/c1-3-30(4-2)12-13-32-20-7-5-6-19(17-20)27-25-28-23-10-11-26-24(31(23)29-25)18-8-9-21-22(16-18)34-15-14-33-21/h5-11,16-17H,3-4,12-15H2,1-2H3,(H,27,29). The van der Waals surface area contributed by atoms with Crippen LogP contribution in [0.4, 0.5) is 11.6 Å². The van der Waals surface area contributed by atoms with E-state index in [1.807, 2.05) is 48.5 Å². The molecule has 9 nitrogen and oxygen atoms in total. The molecule has 0 aliphatic carbocycles. The predicted molar refractivity (Wildman–Crippen MR) is 130 cm³/mol. The molecule has 0 saturated heterocycles. The number of benzene rings is 2. The van der Waals surface area contributed by atoms with E-state index in [0.29, 0.717) is 43.0 Å². The molecule has 4 aromatic rings. The van der Waals surface area contributed by atoms with E-state index < -0.39 is 0 Å². The van der Waals surface area contributed by atoms with Gasteiger partial charge in [0.05, 0.1) is 0 Å². The Labute approximate surface area is 198 Å². The maximum Gasteiger partial charge on any atom is 0.247 e. The molecule has 9 heteroatoms. The molecule has 0 unspecified atom stereocenters. The van der Waals surface area contributed by atoms with E-state index in [2.05, 4.69) is 39.1 Å². The van der Waals surface area contributed by atoms with Crippen LogP contribution in [0.1, 0.15) is 13.8 Å². The molecule has 2 aromatic carbocycles. The molecule has 0 saturated carbocycles. The first-order valence-electron chi connectivity index (χ1n) is 11.6. The van der Waals surface area contributed by atoms with Gasteiger partial charge in [-0.2, -0.15) is 9.50 Å². The summed E-state index contributed by atoms with van der Waals surface area (Å²) in [7, 11) is 0. The summed E-state index contributed by atoms with van der Waals surface area (Å²) in [5.74, 6) is 3.40. The third-order valence-corrected chi connectivity index (χ3v) is 5.71. The largest absolute Gasteiger partial charge is 0.492 e. The van der Waals surface area contributed by atoms with Crippen molar-refractivity contribution in [3.8, 4) is 28.6 Å². The van der Waals surface area contributed by atoms with Gasteiger partial charge in [0.2, 0.25) is 5.95 Å². The zero-order chi connectivity index (χ0) is 23.3. The molecule has 0 fully saturated rings. The molecule has 0 spiro atoms. The van der Waals surface area contributed by atoms with Crippen LogP contribution in [0.5, 0.6) is 17.2 Å². The van der Waals surface area contributed by atoms with E-state index in [-0.39, 0.29) is 0 Å². The lowest BCUT2D eigenvalue weighted by Crippen LogP contribution is -2.27. The molecule has 1 aliphatic heterocycles. The van der Waals surface area contributed by atoms with Gasteiger partial charge in [-0.15, -0.1) is 5.10 Å². The van der Waals surface area contributed by atoms with Gasteiger partial charge >= 0.3 is 0 Å². The number of nitrogens with zero attached hydrogens (tertiary/aromatic N) is 5. The van der Waals surface area contributed by atoms with Crippen LogP contribution in [0, 0.1) is 0 Å². The quantitative estimate of drug-likeness (QED) is 0.401. The van der Waals surface area contributed by atoms with Crippen LogP contribution in [0.15, 0.2) is 54.7 Å². The molecular formula is C25H28N6O3. The minimum atomic E-state index is 0.479. The fraction of sp³-hybridized carbons (Fsp3) is 0.320. The van der Waals surface area contributed by atoms with Crippen LogP contribution >= 0.6 is 0 Å². The second-order valence-electron chi connectivity index (χ2n) is 7.86. The van der Waals surface area contributed by atoms with Crippen LogP contribution in [0.3, 0.4) is 0 Å². The number of aromatic nitrogens is 4. The Morgan fingerprint density at radius 3 is 2.74 bits per heavy atom. The van der Waals surface area contributed by atoms with E-state index >= 15 is 0 Å². The Morgan fingerprint density at radius 2 is 1.88 bits per heavy atom. The Balaban J connectivity index is 1.34. The van der Waals surface area contributed by atoms with E-state index in [4.69, 9.17) is 14.2 Å². The molecule has 0 bridgehead atoms. The molecule has 0 atom stereocenters. The Kier molecular flexibility index (Phi) is 6.44. The van der Waals surface area contributed by atoms with E-state index in [1.54, 1.807) is 10.7 Å². The average molecular weight is 461 g/mol. The van der Waals surface area contributed by atoms with Gasteiger partial charge in [-0.25, -0.2) is 4.98 Å². The zero-order valence-electron chi connectivity index (χ0n) is 19.4. The van der Waals surface area contributed by atoms with Gasteiger partial charge in [0.25, 0.3) is 0 Å². The molecular weight excluding hydrogens is 432 g/mol. The number of nitrogens with one attached hydrogen (secondary N) is 1. The van der Waals surface area contributed by atoms with Crippen LogP contribution in [0.2, 0.25) is 0 Å². The molecule has 2 aromatic heterocycles. The first kappa shape index (κ1) is 22.0. The maximum absolute atomic E-state index is 5.94. The summed E-state index contributed by atoms with van der Waals surface area (Å²) in [6.07, 6.45) is 1.73. The second-order valence-corrected chi connectivity index (χ2v) is 7.86. The fourth-order valence-corrected chi connectivity index (χ4v) is 3.87. The highest BCUT2D eigenvalue weighted by Gasteiger charge is 2.16. The van der Waals surface area contributed by atoms with Crippen molar-refractivity contribution in [1.82, 2.24) is 24.5 Å². The molecule has 1 N–H and O–H groups in total. The fourth-order valence-electron chi connectivity index (χ4n) is 3.87. The molecule has 34 heavy (non-hydrogen) atoms. The van der Waals surface area contributed by atoms with Gasteiger partial charge < -0.3 is 24.4 Å². The van der Waals surface area contributed by atoms with Crippen molar-refractivity contribution < 1.29 is 14.2 Å². The first-order valence-corrected chi connectivity index (χ1v) is 11.6. The van der Waals surface area contributed by atoms with Gasteiger partial charge in [0.1, 0.15) is 25.6 Å². The summed E-state index contributed by atoms with van der Waals surface area (Å²) in [6.45, 7) is 8.98. The minimum Gasteiger partial charge on any atom is -0.492 e. The summed E-state index contributed by atoms with van der Waals surface area (Å²) >= 11 is 0. The van der Waals surface area contributed by atoms with E-state index in [0.717, 1.165) is 42.4 Å². The normalized spacial score (nSPS) is 12.8. The molecule has 3 heterocycles. The van der Waals surface area contributed by atoms with Crippen molar-refractivity contribution in [3.63, 3.8) is 0 Å². The predicted octanol–water partition coefficient (Wildman–Crippen LogP) is 4.03. The minimum absolute atomic E-state index is 0.479. The zero-order valence-corrected chi connectivity index (χ0v) is 19.4. The number of hydrogen-bond acceptors (Lipinski definition) is 8. The number of anilines is 2. The monoisotopic (exact) mass is 460 g/mol. The van der Waals surface area contributed by atoms with Crippen molar-refractivity contribution in [2.75, 3.05) is 44.8 Å². The van der Waals surface area contributed by atoms with Gasteiger partial charge in [0.15, 0.2) is 23.0 Å². The molecule has 0 radical (unpaired) electrons. The topological polar surface area (TPSA) is 86.0 Å². The maximum atomic E-state index is 5.94. The number of likely N-dealkylation sites (N-methyl/N-ethyl adjacent to an activating group) is 1. The van der Waals surface area contributed by atoms with Crippen LogP contribution in [0.25, 0.3) is 17.0 Å². The molecule has 5 rings (SSSR count). The highest BCUT2D eigenvalue weighted by molar-refractivity contribution is 5.65. The highest BCUT2D eigenvalue weighted by Crippen LogP contribution is 2.34. The van der Waals surface area contributed by atoms with Crippen molar-refractivity contribution in [2.45, 2.75) is 13.8 Å². The van der Waals surface area contributed by atoms with E-state index in [9.17, 15) is 0 Å². The Hall–Kier alpha value is -3.85. The van der Waals surface area contributed by atoms with E-state index in [1.165, 1.54) is 0 Å². The Bertz CT molecular complexity index is 1270. The van der Waals surface area contributed by atoms with Crippen LogP contribution in [-0.4, -0.2) is 63.9 Å². The lowest BCUT2D eigenvalue weighted by molar-refractivity contribution is 0.171. The SMILES string of the molecule is CCN(CC)CCOc1cccc(Nc2nc3ccnc(-c4ccc5c(c4)OCCO5)n3n2)c1. The van der Waals surface area contributed by atoms with Crippen molar-refractivity contribution in [2.24, 2.45) is 0 Å². The van der Waals surface area contributed by atoms with Crippen molar-refractivity contribution in [3.05, 3.63) is 54.7 Å². The van der Waals surface area contributed by atoms with Crippen LogP contribution < -0.4 is 19.5 Å². The highest BCUT2D eigenvalue weighted by atomic mass is 16.6. The number of rotatable bonds is 9. The summed E-state index contributed by atoms with van der Waals surface area (Å²) in [4.78, 5) is 11.5. The van der Waals surface area contributed by atoms with Gasteiger partial charge in [0, 0.05) is 36.1 Å². The smallest absolute Gasteiger partial charge is 0.247 e. The first-order chi connectivity index (χ1) is 16.7. The van der Waals surface area contributed by atoms with Gasteiger partial charge in [-0.05, 0) is 43.4 Å². The number of fused-ring (bicyclic) bond motifs is 2. The Morgan fingerprint density at radius 1 is 1.03 bits per heavy atom. The summed E-state index contributed by atoms with van der Waals surface area (Å²) in [5, 5.41) is 7.92. The summed E-state index contributed by atoms with van der Waals surface area (Å²) < 4.78 is 19.0. The van der Waals surface area contributed by atoms with Crippen LogP contribution in [-0.2, 0) is 0 Å².